The number of rotatable bonds is 6. The smallest absolute Gasteiger partial charge is 0.234 e. The van der Waals surface area contributed by atoms with Gasteiger partial charge in [-0.15, -0.1) is 10.2 Å². The number of halogens is 1. The van der Waals surface area contributed by atoms with Crippen LogP contribution in [-0.2, 0) is 4.79 Å². The summed E-state index contributed by atoms with van der Waals surface area (Å²) in [6.45, 7) is 4.06. The summed E-state index contributed by atoms with van der Waals surface area (Å²) in [5, 5.41) is 11.8. The summed E-state index contributed by atoms with van der Waals surface area (Å²) in [7, 11) is 0. The molecule has 0 spiro atoms. The second kappa shape index (κ2) is 9.70. The molecule has 0 saturated carbocycles. The third kappa shape index (κ3) is 5.36. The summed E-state index contributed by atoms with van der Waals surface area (Å²) in [5.41, 5.74) is 6.10. The number of thioether (sulfide) groups is 1. The summed E-state index contributed by atoms with van der Waals surface area (Å²) in [5.74, 6) is -0.477. The van der Waals surface area contributed by atoms with Gasteiger partial charge in [0.2, 0.25) is 11.1 Å². The van der Waals surface area contributed by atoms with Crippen LogP contribution in [0.5, 0.6) is 0 Å². The van der Waals surface area contributed by atoms with E-state index in [0.29, 0.717) is 22.2 Å². The SMILES string of the molecule is Cc1ccc(-c2nnc(SCC(=O)Nc3ccc(F)cc3)nc2-c2ccc(C)cc2)cc1. The largest absolute Gasteiger partial charge is 0.325 e. The Morgan fingerprint density at radius 3 is 1.97 bits per heavy atom. The molecular weight excluding hydrogens is 423 g/mol. The number of nitrogens with zero attached hydrogens (tertiary/aromatic N) is 3. The van der Waals surface area contributed by atoms with Crippen molar-refractivity contribution in [1.29, 1.82) is 0 Å². The van der Waals surface area contributed by atoms with Gasteiger partial charge in [0.15, 0.2) is 0 Å². The molecule has 0 fully saturated rings. The molecule has 0 atom stereocenters. The van der Waals surface area contributed by atoms with Gasteiger partial charge in [-0.05, 0) is 38.1 Å². The zero-order chi connectivity index (χ0) is 22.5. The van der Waals surface area contributed by atoms with Gasteiger partial charge in [0.05, 0.1) is 5.75 Å². The Morgan fingerprint density at radius 2 is 1.38 bits per heavy atom. The van der Waals surface area contributed by atoms with Crippen LogP contribution in [0, 0.1) is 19.7 Å². The fourth-order valence-electron chi connectivity index (χ4n) is 3.05. The number of hydrogen-bond acceptors (Lipinski definition) is 5. The van der Waals surface area contributed by atoms with Crippen LogP contribution >= 0.6 is 11.8 Å². The number of hydrogen-bond donors (Lipinski definition) is 1. The van der Waals surface area contributed by atoms with Crippen LogP contribution in [0.3, 0.4) is 0 Å². The van der Waals surface area contributed by atoms with Crippen molar-refractivity contribution in [2.75, 3.05) is 11.1 Å². The normalized spacial score (nSPS) is 10.7. The van der Waals surface area contributed by atoms with E-state index in [2.05, 4.69) is 15.5 Å². The minimum Gasteiger partial charge on any atom is -0.325 e. The lowest BCUT2D eigenvalue weighted by Crippen LogP contribution is -2.14. The number of anilines is 1. The number of benzene rings is 3. The Labute approximate surface area is 190 Å². The van der Waals surface area contributed by atoms with Gasteiger partial charge in [0.1, 0.15) is 17.2 Å². The average molecular weight is 445 g/mol. The van der Waals surface area contributed by atoms with Crippen LogP contribution in [0.4, 0.5) is 10.1 Å². The van der Waals surface area contributed by atoms with E-state index in [1.54, 1.807) is 0 Å². The van der Waals surface area contributed by atoms with Crippen molar-refractivity contribution < 1.29 is 9.18 Å². The first-order valence-corrected chi connectivity index (χ1v) is 11.0. The molecule has 4 aromatic rings. The molecule has 1 amide bonds. The number of carbonyl (C=O) groups excluding carboxylic acids is 1. The molecule has 5 nitrogen and oxygen atoms in total. The van der Waals surface area contributed by atoms with Crippen molar-refractivity contribution in [3.63, 3.8) is 0 Å². The minimum absolute atomic E-state index is 0.107. The lowest BCUT2D eigenvalue weighted by molar-refractivity contribution is -0.113. The van der Waals surface area contributed by atoms with Gasteiger partial charge in [-0.2, -0.15) is 0 Å². The summed E-state index contributed by atoms with van der Waals surface area (Å²) in [6.07, 6.45) is 0. The molecular formula is C25H21FN4OS. The fraction of sp³-hybridized carbons (Fsp3) is 0.120. The molecule has 0 aliphatic heterocycles. The third-order valence-electron chi connectivity index (χ3n) is 4.78. The van der Waals surface area contributed by atoms with Gasteiger partial charge < -0.3 is 5.32 Å². The summed E-state index contributed by atoms with van der Waals surface area (Å²) >= 11 is 1.20. The van der Waals surface area contributed by atoms with Crippen LogP contribution in [0.25, 0.3) is 22.5 Å². The Hall–Kier alpha value is -3.58. The first kappa shape index (κ1) is 21.6. The highest BCUT2D eigenvalue weighted by Gasteiger charge is 2.15. The number of nitrogens with one attached hydrogen (secondary N) is 1. The van der Waals surface area contributed by atoms with Crippen LogP contribution < -0.4 is 5.32 Å². The van der Waals surface area contributed by atoms with Crippen molar-refractivity contribution in [1.82, 2.24) is 15.2 Å². The minimum atomic E-state index is -0.353. The summed E-state index contributed by atoms with van der Waals surface area (Å²) < 4.78 is 13.0. The molecule has 4 rings (SSSR count). The highest BCUT2D eigenvalue weighted by atomic mass is 32.2. The maximum absolute atomic E-state index is 13.0. The second-order valence-corrected chi connectivity index (χ2v) is 8.31. The van der Waals surface area contributed by atoms with E-state index < -0.39 is 0 Å². The monoisotopic (exact) mass is 444 g/mol. The number of carbonyl (C=O) groups is 1. The van der Waals surface area contributed by atoms with Gasteiger partial charge in [-0.1, -0.05) is 71.4 Å². The van der Waals surface area contributed by atoms with Gasteiger partial charge in [0, 0.05) is 16.8 Å². The maximum atomic E-state index is 13.0. The molecule has 32 heavy (non-hydrogen) atoms. The molecule has 7 heteroatoms. The number of amides is 1. The molecule has 0 bridgehead atoms. The molecule has 0 radical (unpaired) electrons. The lowest BCUT2D eigenvalue weighted by atomic mass is 10.0. The van der Waals surface area contributed by atoms with E-state index in [4.69, 9.17) is 4.98 Å². The number of aromatic nitrogens is 3. The topological polar surface area (TPSA) is 67.8 Å². The Morgan fingerprint density at radius 1 is 0.812 bits per heavy atom. The first-order valence-electron chi connectivity index (χ1n) is 10.0. The lowest BCUT2D eigenvalue weighted by Gasteiger charge is -2.10. The molecule has 160 valence electrons. The number of aryl methyl sites for hydroxylation is 2. The molecule has 0 aliphatic rings. The Kier molecular flexibility index (Phi) is 6.56. The van der Waals surface area contributed by atoms with E-state index in [0.717, 1.165) is 22.3 Å². The van der Waals surface area contributed by atoms with Gasteiger partial charge in [0.25, 0.3) is 0 Å². The van der Waals surface area contributed by atoms with Crippen molar-refractivity contribution in [3.05, 3.63) is 89.7 Å². The van der Waals surface area contributed by atoms with Crippen molar-refractivity contribution in [3.8, 4) is 22.5 Å². The van der Waals surface area contributed by atoms with Gasteiger partial charge in [-0.25, -0.2) is 9.37 Å². The van der Waals surface area contributed by atoms with Crippen LogP contribution in [0.1, 0.15) is 11.1 Å². The van der Waals surface area contributed by atoms with E-state index >= 15 is 0 Å². The molecule has 0 saturated heterocycles. The summed E-state index contributed by atoms with van der Waals surface area (Å²) in [4.78, 5) is 17.0. The molecule has 1 aromatic heterocycles. The highest BCUT2D eigenvalue weighted by molar-refractivity contribution is 7.99. The maximum Gasteiger partial charge on any atom is 0.234 e. The van der Waals surface area contributed by atoms with Crippen LogP contribution in [0.2, 0.25) is 0 Å². The average Bonchev–Trinajstić information content (AvgIpc) is 2.80. The Bertz CT molecular complexity index is 1230. The summed E-state index contributed by atoms with van der Waals surface area (Å²) in [6, 6.07) is 21.8. The van der Waals surface area contributed by atoms with Crippen LogP contribution in [0.15, 0.2) is 78.0 Å². The Balaban J connectivity index is 1.57. The molecule has 0 unspecified atom stereocenters. The van der Waals surface area contributed by atoms with E-state index in [1.165, 1.54) is 36.0 Å². The quantitative estimate of drug-likeness (QED) is 0.387. The van der Waals surface area contributed by atoms with Gasteiger partial charge in [-0.3, -0.25) is 4.79 Å². The van der Waals surface area contributed by atoms with E-state index in [1.807, 2.05) is 62.4 Å². The predicted octanol–water partition coefficient (Wildman–Crippen LogP) is 5.69. The molecule has 1 heterocycles. The predicted molar refractivity (Wildman–Crippen MR) is 126 cm³/mol. The van der Waals surface area contributed by atoms with Crippen molar-refractivity contribution in [2.45, 2.75) is 19.0 Å². The van der Waals surface area contributed by atoms with E-state index in [-0.39, 0.29) is 17.5 Å². The first-order chi connectivity index (χ1) is 15.5. The molecule has 1 N–H and O–H groups in total. The highest BCUT2D eigenvalue weighted by Crippen LogP contribution is 2.30. The van der Waals surface area contributed by atoms with E-state index in [9.17, 15) is 9.18 Å². The second-order valence-electron chi connectivity index (χ2n) is 7.37. The zero-order valence-electron chi connectivity index (χ0n) is 17.7. The third-order valence-corrected chi connectivity index (χ3v) is 5.62. The van der Waals surface area contributed by atoms with Crippen molar-refractivity contribution >= 4 is 23.4 Å². The standard InChI is InChI=1S/C25H21FN4OS/c1-16-3-7-18(8-4-16)23-24(19-9-5-17(2)6-10-19)29-30-25(28-23)32-15-22(31)27-21-13-11-20(26)12-14-21/h3-14H,15H2,1-2H3,(H,27,31). The molecule has 3 aromatic carbocycles. The van der Waals surface area contributed by atoms with Gasteiger partial charge >= 0.3 is 0 Å². The van der Waals surface area contributed by atoms with Crippen molar-refractivity contribution in [2.24, 2.45) is 0 Å². The fourth-order valence-corrected chi connectivity index (χ4v) is 3.64. The van der Waals surface area contributed by atoms with Crippen LogP contribution in [-0.4, -0.2) is 26.8 Å². The molecule has 0 aliphatic carbocycles. The zero-order valence-corrected chi connectivity index (χ0v) is 18.5.